The van der Waals surface area contributed by atoms with Crippen molar-refractivity contribution >= 4 is 17.9 Å². The number of nitrogens with one attached hydrogen (secondary N) is 1. The molecule has 0 saturated carbocycles. The molecule has 2 N–H and O–H groups in total. The van der Waals surface area contributed by atoms with E-state index in [0.717, 1.165) is 48.6 Å². The normalized spacial score (nSPS) is 14.3. The van der Waals surface area contributed by atoms with Crippen molar-refractivity contribution < 1.29 is 9.90 Å². The van der Waals surface area contributed by atoms with Crippen molar-refractivity contribution in [3.05, 3.63) is 83.6 Å². The van der Waals surface area contributed by atoms with E-state index in [1.165, 1.54) is 5.56 Å². The van der Waals surface area contributed by atoms with Gasteiger partial charge in [-0.1, -0.05) is 42.5 Å². The van der Waals surface area contributed by atoms with Crippen LogP contribution in [-0.2, 0) is 24.2 Å². The van der Waals surface area contributed by atoms with Gasteiger partial charge in [-0.3, -0.25) is 4.79 Å². The number of benzene rings is 1. The van der Waals surface area contributed by atoms with E-state index in [0.29, 0.717) is 6.54 Å². The maximum atomic E-state index is 11.3. The quantitative estimate of drug-likeness (QED) is 0.592. The number of rotatable bonds is 8. The van der Waals surface area contributed by atoms with Crippen LogP contribution in [-0.4, -0.2) is 32.2 Å². The molecule has 0 radical (unpaired) electrons. The number of fused-ring (bicyclic) bond motifs is 1. The smallest absolute Gasteiger partial charge is 0.304 e. The molecule has 3 heterocycles. The van der Waals surface area contributed by atoms with Crippen molar-refractivity contribution in [3.63, 3.8) is 0 Å². The summed E-state index contributed by atoms with van der Waals surface area (Å²) in [5, 5.41) is 12.6. The Morgan fingerprint density at radius 3 is 2.93 bits per heavy atom. The van der Waals surface area contributed by atoms with Gasteiger partial charge in [-0.15, -0.1) is 0 Å². The highest BCUT2D eigenvalue weighted by Crippen LogP contribution is 2.22. The second kappa shape index (κ2) is 9.39. The minimum atomic E-state index is -0.795. The Morgan fingerprint density at radius 1 is 1.23 bits per heavy atom. The van der Waals surface area contributed by atoms with E-state index in [4.69, 9.17) is 4.98 Å². The summed E-state index contributed by atoms with van der Waals surface area (Å²) >= 11 is 0. The first kappa shape index (κ1) is 19.9. The van der Waals surface area contributed by atoms with Gasteiger partial charge in [-0.05, 0) is 36.1 Å². The maximum Gasteiger partial charge on any atom is 0.304 e. The van der Waals surface area contributed by atoms with Crippen molar-refractivity contribution in [1.29, 1.82) is 0 Å². The summed E-state index contributed by atoms with van der Waals surface area (Å²) in [6.07, 6.45) is 10.9. The summed E-state index contributed by atoms with van der Waals surface area (Å²) in [6, 6.07) is 14.0. The number of anilines is 1. The standard InChI is InChI=1S/C24H26N4O2/c29-23(30)14-20(18-6-2-1-3-7-18)15-28-16-22(26-17-28)10-4-9-21-12-11-19-8-5-13-25-24(19)27-21/h1-4,6-7,10-12,16-17,20H,5,8-9,13-15H2,(H,25,27)(H,29,30)/b10-4-. The van der Waals surface area contributed by atoms with Crippen LogP contribution >= 0.6 is 0 Å². The average molecular weight is 402 g/mol. The van der Waals surface area contributed by atoms with Gasteiger partial charge in [-0.2, -0.15) is 0 Å². The molecule has 0 amide bonds. The molecule has 154 valence electrons. The molecule has 6 heteroatoms. The molecule has 0 fully saturated rings. The third-order valence-electron chi connectivity index (χ3n) is 5.34. The fourth-order valence-corrected chi connectivity index (χ4v) is 3.82. The second-order valence-corrected chi connectivity index (χ2v) is 7.65. The zero-order chi connectivity index (χ0) is 20.8. The number of imidazole rings is 1. The Bertz CT molecular complexity index is 1030. The molecule has 1 unspecified atom stereocenters. The number of carboxylic acid groups (broad SMARTS) is 1. The first-order chi connectivity index (χ1) is 14.7. The molecule has 0 spiro atoms. The largest absolute Gasteiger partial charge is 0.481 e. The van der Waals surface area contributed by atoms with Crippen LogP contribution in [0.4, 0.5) is 5.82 Å². The first-order valence-electron chi connectivity index (χ1n) is 10.3. The van der Waals surface area contributed by atoms with Gasteiger partial charge in [0.1, 0.15) is 5.82 Å². The van der Waals surface area contributed by atoms with E-state index >= 15 is 0 Å². The van der Waals surface area contributed by atoms with Gasteiger partial charge < -0.3 is 15.0 Å². The van der Waals surface area contributed by atoms with Crippen LogP contribution in [0.15, 0.2) is 61.1 Å². The average Bonchev–Trinajstić information content (AvgIpc) is 3.21. The lowest BCUT2D eigenvalue weighted by Crippen LogP contribution is -2.13. The predicted octanol–water partition coefficient (Wildman–Crippen LogP) is 4.15. The number of carboxylic acids is 1. The van der Waals surface area contributed by atoms with E-state index in [1.807, 2.05) is 47.2 Å². The Balaban J connectivity index is 1.39. The summed E-state index contributed by atoms with van der Waals surface area (Å²) in [5.74, 6) is 0.125. The number of allylic oxidation sites excluding steroid dienone is 1. The summed E-state index contributed by atoms with van der Waals surface area (Å²) < 4.78 is 1.96. The second-order valence-electron chi connectivity index (χ2n) is 7.65. The monoisotopic (exact) mass is 402 g/mol. The predicted molar refractivity (Wildman–Crippen MR) is 117 cm³/mol. The van der Waals surface area contributed by atoms with Crippen molar-refractivity contribution in [3.8, 4) is 0 Å². The Kier molecular flexibility index (Phi) is 6.23. The number of hydrogen-bond donors (Lipinski definition) is 2. The molecular formula is C24H26N4O2. The zero-order valence-electron chi connectivity index (χ0n) is 16.9. The number of pyridine rings is 1. The summed E-state index contributed by atoms with van der Waals surface area (Å²) in [7, 11) is 0. The van der Waals surface area contributed by atoms with E-state index in [-0.39, 0.29) is 12.3 Å². The summed E-state index contributed by atoms with van der Waals surface area (Å²) in [6.45, 7) is 1.57. The minimum Gasteiger partial charge on any atom is -0.481 e. The molecule has 1 aromatic carbocycles. The lowest BCUT2D eigenvalue weighted by atomic mass is 9.96. The van der Waals surface area contributed by atoms with Gasteiger partial charge in [0.2, 0.25) is 0 Å². The molecule has 0 bridgehead atoms. The van der Waals surface area contributed by atoms with Crippen LogP contribution < -0.4 is 5.32 Å². The number of aromatic nitrogens is 3. The van der Waals surface area contributed by atoms with E-state index < -0.39 is 5.97 Å². The van der Waals surface area contributed by atoms with E-state index in [1.54, 1.807) is 6.33 Å². The zero-order valence-corrected chi connectivity index (χ0v) is 16.9. The molecule has 0 aliphatic carbocycles. The SMILES string of the molecule is O=C(O)CC(Cn1cnc(/C=C\Cc2ccc3c(n2)NCCC3)c1)c1ccccc1. The van der Waals surface area contributed by atoms with Crippen molar-refractivity contribution in [2.45, 2.75) is 38.1 Å². The topological polar surface area (TPSA) is 80.0 Å². The Labute approximate surface area is 176 Å². The van der Waals surface area contributed by atoms with Crippen LogP contribution in [0.5, 0.6) is 0 Å². The van der Waals surface area contributed by atoms with Crippen molar-refractivity contribution in [2.75, 3.05) is 11.9 Å². The van der Waals surface area contributed by atoms with Crippen LogP contribution in [0.1, 0.15) is 41.3 Å². The van der Waals surface area contributed by atoms with Gasteiger partial charge >= 0.3 is 5.97 Å². The third-order valence-corrected chi connectivity index (χ3v) is 5.34. The van der Waals surface area contributed by atoms with Gasteiger partial charge in [0.15, 0.2) is 0 Å². The lowest BCUT2D eigenvalue weighted by molar-refractivity contribution is -0.137. The minimum absolute atomic E-state index is 0.0887. The molecule has 1 aliphatic rings. The highest BCUT2D eigenvalue weighted by molar-refractivity contribution is 5.68. The van der Waals surface area contributed by atoms with Crippen molar-refractivity contribution in [2.24, 2.45) is 0 Å². The highest BCUT2D eigenvalue weighted by Gasteiger charge is 2.16. The third kappa shape index (κ3) is 5.14. The van der Waals surface area contributed by atoms with Gasteiger partial charge in [0.05, 0.1) is 18.4 Å². The molecule has 30 heavy (non-hydrogen) atoms. The summed E-state index contributed by atoms with van der Waals surface area (Å²) in [5.41, 5.74) is 4.21. The van der Waals surface area contributed by atoms with Crippen LogP contribution in [0, 0.1) is 0 Å². The van der Waals surface area contributed by atoms with Gasteiger partial charge in [-0.25, -0.2) is 9.97 Å². The van der Waals surface area contributed by atoms with Gasteiger partial charge in [0.25, 0.3) is 0 Å². The molecule has 1 aliphatic heterocycles. The number of carbonyl (C=O) groups is 1. The summed E-state index contributed by atoms with van der Waals surface area (Å²) in [4.78, 5) is 20.4. The number of nitrogens with zero attached hydrogens (tertiary/aromatic N) is 3. The number of aryl methyl sites for hydroxylation is 1. The molecule has 4 rings (SSSR count). The molecular weight excluding hydrogens is 376 g/mol. The number of aliphatic carboxylic acids is 1. The molecule has 2 aromatic heterocycles. The first-order valence-corrected chi connectivity index (χ1v) is 10.3. The Morgan fingerprint density at radius 2 is 2.10 bits per heavy atom. The van der Waals surface area contributed by atoms with Crippen LogP contribution in [0.3, 0.4) is 0 Å². The lowest BCUT2D eigenvalue weighted by Gasteiger charge is -2.17. The molecule has 1 atom stereocenters. The number of hydrogen-bond acceptors (Lipinski definition) is 4. The molecule has 6 nitrogen and oxygen atoms in total. The van der Waals surface area contributed by atoms with E-state index in [9.17, 15) is 9.90 Å². The Hall–Kier alpha value is -3.41. The van der Waals surface area contributed by atoms with Crippen LogP contribution in [0.25, 0.3) is 6.08 Å². The maximum absolute atomic E-state index is 11.3. The van der Waals surface area contributed by atoms with Gasteiger partial charge in [0, 0.05) is 37.3 Å². The molecule has 0 saturated heterocycles. The highest BCUT2D eigenvalue weighted by atomic mass is 16.4. The fourth-order valence-electron chi connectivity index (χ4n) is 3.82. The fraction of sp³-hybridized carbons (Fsp3) is 0.292. The molecule has 3 aromatic rings. The van der Waals surface area contributed by atoms with Crippen molar-refractivity contribution in [1.82, 2.24) is 14.5 Å². The van der Waals surface area contributed by atoms with E-state index in [2.05, 4.69) is 28.5 Å². The van der Waals surface area contributed by atoms with Crippen LogP contribution in [0.2, 0.25) is 0 Å².